The number of benzene rings is 2. The van der Waals surface area contributed by atoms with Crippen LogP contribution in [0.15, 0.2) is 60.7 Å². The second-order valence-corrected chi connectivity index (χ2v) is 6.33. The van der Waals surface area contributed by atoms with Crippen LogP contribution < -0.4 is 10.6 Å². The van der Waals surface area contributed by atoms with E-state index < -0.39 is 11.7 Å². The van der Waals surface area contributed by atoms with Crippen LogP contribution in [0.25, 0.3) is 11.3 Å². The molecule has 0 amide bonds. The number of aromatic nitrogens is 2. The molecule has 0 saturated carbocycles. The molecule has 0 spiro atoms. The van der Waals surface area contributed by atoms with Crippen molar-refractivity contribution < 1.29 is 13.2 Å². The Bertz CT molecular complexity index is 891. The van der Waals surface area contributed by atoms with Crippen molar-refractivity contribution in [3.8, 4) is 11.3 Å². The summed E-state index contributed by atoms with van der Waals surface area (Å²) < 4.78 is 38.1. The minimum absolute atomic E-state index is 0.134. The lowest BCUT2D eigenvalue weighted by Gasteiger charge is -2.13. The normalized spacial score (nSPS) is 11.5. The van der Waals surface area contributed by atoms with Crippen molar-refractivity contribution >= 4 is 17.5 Å². The quantitative estimate of drug-likeness (QED) is 0.601. The predicted molar refractivity (Wildman–Crippen MR) is 101 cm³/mol. The maximum absolute atomic E-state index is 12.7. The summed E-state index contributed by atoms with van der Waals surface area (Å²) >= 11 is 0. The molecule has 3 aromatic rings. The summed E-state index contributed by atoms with van der Waals surface area (Å²) in [5.41, 5.74) is 1.45. The van der Waals surface area contributed by atoms with E-state index in [4.69, 9.17) is 0 Å². The molecule has 27 heavy (non-hydrogen) atoms. The van der Waals surface area contributed by atoms with E-state index >= 15 is 0 Å². The van der Waals surface area contributed by atoms with Crippen LogP contribution >= 0.6 is 0 Å². The van der Waals surface area contributed by atoms with Crippen molar-refractivity contribution in [1.29, 1.82) is 0 Å². The zero-order valence-corrected chi connectivity index (χ0v) is 14.9. The van der Waals surface area contributed by atoms with E-state index in [2.05, 4.69) is 20.6 Å². The molecule has 0 aliphatic rings. The largest absolute Gasteiger partial charge is 0.416 e. The van der Waals surface area contributed by atoms with Crippen LogP contribution in [0.5, 0.6) is 0 Å². The first kappa shape index (κ1) is 18.7. The average Bonchev–Trinajstić information content (AvgIpc) is 2.61. The van der Waals surface area contributed by atoms with Gasteiger partial charge in [-0.05, 0) is 38.1 Å². The summed E-state index contributed by atoms with van der Waals surface area (Å²) in [7, 11) is 0. The molecule has 0 bridgehead atoms. The van der Waals surface area contributed by atoms with E-state index in [1.807, 2.05) is 44.2 Å². The molecule has 1 heterocycles. The lowest BCUT2D eigenvalue weighted by molar-refractivity contribution is -0.137. The van der Waals surface area contributed by atoms with E-state index in [0.717, 1.165) is 17.7 Å². The van der Waals surface area contributed by atoms with Gasteiger partial charge in [0.1, 0.15) is 5.82 Å². The van der Waals surface area contributed by atoms with Gasteiger partial charge in [0.15, 0.2) is 0 Å². The fraction of sp³-hybridized carbons (Fsp3) is 0.200. The van der Waals surface area contributed by atoms with Crippen LogP contribution in [-0.2, 0) is 6.18 Å². The summed E-state index contributed by atoms with van der Waals surface area (Å²) in [6.07, 6.45) is -4.36. The van der Waals surface area contributed by atoms with Gasteiger partial charge in [-0.3, -0.25) is 0 Å². The second-order valence-electron chi connectivity index (χ2n) is 6.33. The number of nitrogens with one attached hydrogen (secondary N) is 2. The van der Waals surface area contributed by atoms with E-state index in [1.54, 1.807) is 6.07 Å². The Hall–Kier alpha value is -3.09. The van der Waals surface area contributed by atoms with Crippen LogP contribution in [0.2, 0.25) is 0 Å². The molecule has 3 rings (SSSR count). The highest BCUT2D eigenvalue weighted by Gasteiger charge is 2.29. The van der Waals surface area contributed by atoms with Gasteiger partial charge in [0.2, 0.25) is 5.95 Å². The summed E-state index contributed by atoms with van der Waals surface area (Å²) in [6, 6.07) is 16.3. The van der Waals surface area contributed by atoms with Crippen LogP contribution in [0.4, 0.5) is 30.6 Å². The molecule has 4 nitrogen and oxygen atoms in total. The molecule has 0 aliphatic carbocycles. The number of hydrogen-bond acceptors (Lipinski definition) is 4. The minimum Gasteiger partial charge on any atom is -0.352 e. The molecule has 7 heteroatoms. The fourth-order valence-corrected chi connectivity index (χ4v) is 2.48. The topological polar surface area (TPSA) is 49.8 Å². The molecule has 2 N–H and O–H groups in total. The Kier molecular flexibility index (Phi) is 5.30. The third-order valence-corrected chi connectivity index (χ3v) is 3.70. The van der Waals surface area contributed by atoms with Crippen molar-refractivity contribution in [2.75, 3.05) is 10.6 Å². The summed E-state index contributed by atoms with van der Waals surface area (Å²) in [5, 5.41) is 6.21. The van der Waals surface area contributed by atoms with E-state index in [-0.39, 0.29) is 6.04 Å². The third-order valence-electron chi connectivity index (χ3n) is 3.70. The standard InChI is InChI=1S/C20H19F3N4/c1-13(2)24-19-26-17(14-6-4-3-5-7-14)12-18(27-19)25-16-10-8-15(9-11-16)20(21,22)23/h3-13H,1-2H3,(H2,24,25,26,27). The van der Waals surface area contributed by atoms with Gasteiger partial charge in [-0.2, -0.15) is 18.2 Å². The first-order chi connectivity index (χ1) is 12.8. The van der Waals surface area contributed by atoms with Crippen molar-refractivity contribution in [3.05, 3.63) is 66.2 Å². The summed E-state index contributed by atoms with van der Waals surface area (Å²) in [4.78, 5) is 8.93. The summed E-state index contributed by atoms with van der Waals surface area (Å²) in [6.45, 7) is 3.95. The lowest BCUT2D eigenvalue weighted by Crippen LogP contribution is -2.13. The SMILES string of the molecule is CC(C)Nc1nc(Nc2ccc(C(F)(F)F)cc2)cc(-c2ccccc2)n1. The Morgan fingerprint density at radius 1 is 0.889 bits per heavy atom. The first-order valence-electron chi connectivity index (χ1n) is 8.46. The molecule has 0 aliphatic heterocycles. The summed E-state index contributed by atoms with van der Waals surface area (Å²) in [5.74, 6) is 0.938. The van der Waals surface area contributed by atoms with E-state index in [1.165, 1.54) is 12.1 Å². The highest BCUT2D eigenvalue weighted by atomic mass is 19.4. The van der Waals surface area contributed by atoms with Crippen molar-refractivity contribution in [3.63, 3.8) is 0 Å². The first-order valence-corrected chi connectivity index (χ1v) is 8.46. The Balaban J connectivity index is 1.92. The second kappa shape index (κ2) is 7.65. The third kappa shape index (κ3) is 4.97. The van der Waals surface area contributed by atoms with Gasteiger partial charge < -0.3 is 10.6 Å². The highest BCUT2D eigenvalue weighted by Crippen LogP contribution is 2.30. The molecule has 0 unspecified atom stereocenters. The van der Waals surface area contributed by atoms with Gasteiger partial charge in [0.25, 0.3) is 0 Å². The molecular formula is C20H19F3N4. The van der Waals surface area contributed by atoms with Gasteiger partial charge in [0, 0.05) is 23.4 Å². The Labute approximate surface area is 155 Å². The number of rotatable bonds is 5. The van der Waals surface area contributed by atoms with Crippen molar-refractivity contribution in [2.24, 2.45) is 0 Å². The van der Waals surface area contributed by atoms with Crippen LogP contribution in [-0.4, -0.2) is 16.0 Å². The van der Waals surface area contributed by atoms with Crippen LogP contribution in [0, 0.1) is 0 Å². The Morgan fingerprint density at radius 3 is 2.15 bits per heavy atom. The van der Waals surface area contributed by atoms with Crippen LogP contribution in [0.1, 0.15) is 19.4 Å². The maximum Gasteiger partial charge on any atom is 0.416 e. The minimum atomic E-state index is -4.36. The molecule has 140 valence electrons. The number of hydrogen-bond donors (Lipinski definition) is 2. The number of halogens is 3. The smallest absolute Gasteiger partial charge is 0.352 e. The maximum atomic E-state index is 12.7. The highest BCUT2D eigenvalue weighted by molar-refractivity contribution is 5.67. The van der Waals surface area contributed by atoms with Gasteiger partial charge in [-0.25, -0.2) is 4.98 Å². The Morgan fingerprint density at radius 2 is 1.56 bits per heavy atom. The number of alkyl halides is 3. The number of anilines is 3. The molecule has 1 aromatic heterocycles. The van der Waals surface area contributed by atoms with Crippen molar-refractivity contribution in [2.45, 2.75) is 26.1 Å². The fourth-order valence-electron chi connectivity index (χ4n) is 2.48. The van der Waals surface area contributed by atoms with Crippen molar-refractivity contribution in [1.82, 2.24) is 9.97 Å². The zero-order valence-electron chi connectivity index (χ0n) is 14.9. The molecular weight excluding hydrogens is 353 g/mol. The molecule has 0 atom stereocenters. The van der Waals surface area contributed by atoms with Gasteiger partial charge in [-0.1, -0.05) is 30.3 Å². The molecule has 2 aromatic carbocycles. The van der Waals surface area contributed by atoms with Crippen LogP contribution in [0.3, 0.4) is 0 Å². The average molecular weight is 372 g/mol. The van der Waals surface area contributed by atoms with E-state index in [0.29, 0.717) is 23.1 Å². The van der Waals surface area contributed by atoms with Gasteiger partial charge in [-0.15, -0.1) is 0 Å². The van der Waals surface area contributed by atoms with Gasteiger partial charge >= 0.3 is 6.18 Å². The molecule has 0 saturated heterocycles. The predicted octanol–water partition coefficient (Wildman–Crippen LogP) is 5.73. The number of nitrogens with zero attached hydrogens (tertiary/aromatic N) is 2. The zero-order chi connectivity index (χ0) is 19.4. The van der Waals surface area contributed by atoms with Gasteiger partial charge in [0.05, 0.1) is 11.3 Å². The monoisotopic (exact) mass is 372 g/mol. The van der Waals surface area contributed by atoms with E-state index in [9.17, 15) is 13.2 Å². The molecule has 0 radical (unpaired) electrons. The molecule has 0 fully saturated rings. The lowest BCUT2D eigenvalue weighted by atomic mass is 10.1.